The van der Waals surface area contributed by atoms with Crippen molar-refractivity contribution in [2.75, 3.05) is 13.2 Å². The number of hydrogen-bond donors (Lipinski definition) is 2. The molecule has 0 aromatic rings. The first kappa shape index (κ1) is 44.9. The van der Waals surface area contributed by atoms with Gasteiger partial charge in [0.2, 0.25) is 0 Å². The van der Waals surface area contributed by atoms with Crippen molar-refractivity contribution in [3.8, 4) is 0 Å². The maximum atomic E-state index is 9.50. The summed E-state index contributed by atoms with van der Waals surface area (Å²) in [5, 5.41) is 19.0. The van der Waals surface area contributed by atoms with Gasteiger partial charge in [-0.1, -0.05) is 213 Å². The highest BCUT2D eigenvalue weighted by molar-refractivity contribution is 5.00. The first-order chi connectivity index (χ1) is 23.2. The van der Waals surface area contributed by atoms with Crippen molar-refractivity contribution >= 4 is 0 Å². The lowest BCUT2D eigenvalue weighted by atomic mass is 9.49. The minimum atomic E-state index is 0.353. The molecule has 1 atom stereocenters. The van der Waals surface area contributed by atoms with E-state index in [1.165, 1.54) is 238 Å². The van der Waals surface area contributed by atoms with Gasteiger partial charge in [0.1, 0.15) is 0 Å². The predicted molar refractivity (Wildman–Crippen MR) is 210 cm³/mol. The summed E-state index contributed by atoms with van der Waals surface area (Å²) in [5.74, 6) is 0. The SMILES string of the molecule is CCCCCCCCCCCCCCCCCCC1(CCCCCCCCCCC)CCCCC1(CCCCCO)CCCCCO. The fourth-order valence-electron chi connectivity index (χ4n) is 9.56. The highest BCUT2D eigenvalue weighted by Gasteiger charge is 2.50. The first-order valence-corrected chi connectivity index (χ1v) is 22.4. The van der Waals surface area contributed by atoms with Crippen molar-refractivity contribution in [3.63, 3.8) is 0 Å². The van der Waals surface area contributed by atoms with Crippen LogP contribution in [0.2, 0.25) is 0 Å². The summed E-state index contributed by atoms with van der Waals surface area (Å²) in [4.78, 5) is 0. The Bertz CT molecular complexity index is 605. The molecule has 0 aliphatic heterocycles. The maximum Gasteiger partial charge on any atom is 0.0431 e. The van der Waals surface area contributed by atoms with Gasteiger partial charge in [-0.05, 0) is 62.2 Å². The Balaban J connectivity index is 2.58. The standard InChI is InChI=1S/C45H90O2/c1-3-5-7-9-11-13-14-15-16-17-18-19-21-23-25-29-37-44(36-28-24-22-20-12-10-8-6-4-2)40-32-33-41-45(44,38-30-26-34-42-46)39-31-27-35-43-47/h46-47H,3-43H2,1-2H3. The predicted octanol–water partition coefficient (Wildman–Crippen LogP) is 15.2. The Hall–Kier alpha value is -0.0800. The fraction of sp³-hybridized carbons (Fsp3) is 1.00. The quantitative estimate of drug-likeness (QED) is 0.0650. The van der Waals surface area contributed by atoms with Crippen molar-refractivity contribution in [1.29, 1.82) is 0 Å². The zero-order valence-corrected chi connectivity index (χ0v) is 32.9. The molecule has 2 N–H and O–H groups in total. The van der Waals surface area contributed by atoms with Crippen LogP contribution in [0.3, 0.4) is 0 Å². The minimum Gasteiger partial charge on any atom is -0.396 e. The van der Waals surface area contributed by atoms with Crippen LogP contribution >= 0.6 is 0 Å². The van der Waals surface area contributed by atoms with Crippen molar-refractivity contribution in [2.24, 2.45) is 10.8 Å². The molecule has 1 fully saturated rings. The third-order valence-electron chi connectivity index (χ3n) is 12.6. The highest BCUT2D eigenvalue weighted by atomic mass is 16.3. The summed E-state index contributed by atoms with van der Waals surface area (Å²) in [5.41, 5.74) is 1.05. The van der Waals surface area contributed by atoms with Crippen LogP contribution in [0.25, 0.3) is 0 Å². The third-order valence-corrected chi connectivity index (χ3v) is 12.6. The monoisotopic (exact) mass is 663 g/mol. The molecule has 47 heavy (non-hydrogen) atoms. The molecule has 0 aromatic carbocycles. The molecule has 1 rings (SSSR count). The van der Waals surface area contributed by atoms with Crippen LogP contribution in [0, 0.1) is 10.8 Å². The van der Waals surface area contributed by atoms with E-state index in [2.05, 4.69) is 13.8 Å². The zero-order valence-electron chi connectivity index (χ0n) is 32.9. The Morgan fingerprint density at radius 2 is 0.511 bits per heavy atom. The lowest BCUT2D eigenvalue weighted by Crippen LogP contribution is -2.45. The molecule has 1 saturated carbocycles. The first-order valence-electron chi connectivity index (χ1n) is 22.4. The summed E-state index contributed by atoms with van der Waals surface area (Å²) in [7, 11) is 0. The van der Waals surface area contributed by atoms with Gasteiger partial charge in [-0.2, -0.15) is 0 Å². The van der Waals surface area contributed by atoms with Gasteiger partial charge in [-0.3, -0.25) is 0 Å². The molecule has 282 valence electrons. The van der Waals surface area contributed by atoms with E-state index in [-0.39, 0.29) is 0 Å². The lowest BCUT2D eigenvalue weighted by Gasteiger charge is -2.56. The van der Waals surface area contributed by atoms with Gasteiger partial charge in [-0.25, -0.2) is 0 Å². The van der Waals surface area contributed by atoms with E-state index in [0.29, 0.717) is 24.0 Å². The Kier molecular flexibility index (Phi) is 31.6. The van der Waals surface area contributed by atoms with E-state index in [1.54, 1.807) is 0 Å². The van der Waals surface area contributed by atoms with E-state index < -0.39 is 0 Å². The molecule has 0 aromatic heterocycles. The van der Waals surface area contributed by atoms with Gasteiger partial charge in [0, 0.05) is 13.2 Å². The van der Waals surface area contributed by atoms with Gasteiger partial charge in [0.25, 0.3) is 0 Å². The van der Waals surface area contributed by atoms with Gasteiger partial charge >= 0.3 is 0 Å². The second-order valence-corrected chi connectivity index (χ2v) is 16.5. The molecule has 0 radical (unpaired) electrons. The molecule has 1 aliphatic rings. The number of aliphatic hydroxyl groups excluding tert-OH is 2. The smallest absolute Gasteiger partial charge is 0.0431 e. The second-order valence-electron chi connectivity index (χ2n) is 16.5. The van der Waals surface area contributed by atoms with Crippen molar-refractivity contribution in [2.45, 2.75) is 264 Å². The lowest BCUT2D eigenvalue weighted by molar-refractivity contribution is -0.0522. The number of hydrogen-bond acceptors (Lipinski definition) is 2. The van der Waals surface area contributed by atoms with Crippen LogP contribution in [0.1, 0.15) is 264 Å². The largest absolute Gasteiger partial charge is 0.396 e. The Morgan fingerprint density at radius 3 is 0.745 bits per heavy atom. The minimum absolute atomic E-state index is 0.353. The number of unbranched alkanes of at least 4 members (excludes halogenated alkanes) is 27. The molecule has 0 bridgehead atoms. The van der Waals surface area contributed by atoms with Gasteiger partial charge in [0.05, 0.1) is 0 Å². The summed E-state index contributed by atoms with van der Waals surface area (Å²) in [6, 6.07) is 0. The van der Waals surface area contributed by atoms with E-state index >= 15 is 0 Å². The molecule has 1 aliphatic carbocycles. The highest BCUT2D eigenvalue weighted by Crippen LogP contribution is 2.61. The molecule has 0 saturated heterocycles. The molecule has 1 unspecified atom stereocenters. The van der Waals surface area contributed by atoms with Crippen molar-refractivity contribution < 1.29 is 10.2 Å². The third kappa shape index (κ3) is 22.4. The normalized spacial score (nSPS) is 17.9. The summed E-state index contributed by atoms with van der Waals surface area (Å²) in [6.45, 7) is 5.34. The van der Waals surface area contributed by atoms with E-state index in [9.17, 15) is 10.2 Å². The molecule has 0 heterocycles. The summed E-state index contributed by atoms with van der Waals surface area (Å²) in [6.07, 6.45) is 54.6. The Morgan fingerprint density at radius 1 is 0.298 bits per heavy atom. The zero-order chi connectivity index (χ0) is 34.0. The fourth-order valence-corrected chi connectivity index (χ4v) is 9.56. The molecule has 2 heteroatoms. The second kappa shape index (κ2) is 33.1. The molecular weight excluding hydrogens is 572 g/mol. The maximum absolute atomic E-state index is 9.50. The van der Waals surface area contributed by atoms with Crippen LogP contribution in [0.15, 0.2) is 0 Å². The van der Waals surface area contributed by atoms with Crippen LogP contribution in [-0.2, 0) is 0 Å². The average molecular weight is 663 g/mol. The van der Waals surface area contributed by atoms with Gasteiger partial charge in [0.15, 0.2) is 0 Å². The molecular formula is C45H90O2. The average Bonchev–Trinajstić information content (AvgIpc) is 3.08. The van der Waals surface area contributed by atoms with Crippen LogP contribution in [0.4, 0.5) is 0 Å². The van der Waals surface area contributed by atoms with Crippen LogP contribution < -0.4 is 0 Å². The van der Waals surface area contributed by atoms with Crippen LogP contribution in [0.5, 0.6) is 0 Å². The van der Waals surface area contributed by atoms with E-state index in [1.807, 2.05) is 0 Å². The molecule has 0 amide bonds. The van der Waals surface area contributed by atoms with E-state index in [0.717, 1.165) is 12.8 Å². The summed E-state index contributed by atoms with van der Waals surface area (Å²) >= 11 is 0. The van der Waals surface area contributed by atoms with Crippen molar-refractivity contribution in [3.05, 3.63) is 0 Å². The summed E-state index contributed by atoms with van der Waals surface area (Å²) < 4.78 is 0. The Labute approximate surface area is 297 Å². The number of rotatable bonds is 37. The topological polar surface area (TPSA) is 40.5 Å². The van der Waals surface area contributed by atoms with Gasteiger partial charge < -0.3 is 10.2 Å². The number of aliphatic hydroxyl groups is 2. The van der Waals surface area contributed by atoms with Crippen LogP contribution in [-0.4, -0.2) is 23.4 Å². The van der Waals surface area contributed by atoms with E-state index in [4.69, 9.17) is 0 Å². The van der Waals surface area contributed by atoms with Gasteiger partial charge in [-0.15, -0.1) is 0 Å². The van der Waals surface area contributed by atoms with Crippen molar-refractivity contribution in [1.82, 2.24) is 0 Å². The molecule has 0 spiro atoms. The molecule has 2 nitrogen and oxygen atoms in total.